The molecule has 0 aliphatic heterocycles. The van der Waals surface area contributed by atoms with Crippen LogP contribution in [0.3, 0.4) is 0 Å². The molecule has 1 atom stereocenters. The Morgan fingerprint density at radius 2 is 1.90 bits per heavy atom. The second kappa shape index (κ2) is 5.37. The molecule has 102 valence electrons. The van der Waals surface area contributed by atoms with Crippen LogP contribution in [0, 0.1) is 0 Å². The van der Waals surface area contributed by atoms with Crippen LogP contribution in [0.15, 0.2) is 48.5 Å². The molecule has 0 spiro atoms. The quantitative estimate of drug-likeness (QED) is 0.926. The first-order valence-corrected chi connectivity index (χ1v) is 6.76. The highest BCUT2D eigenvalue weighted by atomic mass is 16.5. The summed E-state index contributed by atoms with van der Waals surface area (Å²) in [5.74, 6) is 0.0842. The van der Waals surface area contributed by atoms with Gasteiger partial charge in [0.25, 0.3) is 0 Å². The van der Waals surface area contributed by atoms with E-state index in [2.05, 4.69) is 24.3 Å². The van der Waals surface area contributed by atoms with E-state index in [-0.39, 0.29) is 6.61 Å². The van der Waals surface area contributed by atoms with E-state index in [1.165, 1.54) is 16.7 Å². The van der Waals surface area contributed by atoms with Gasteiger partial charge in [-0.05, 0) is 41.7 Å². The van der Waals surface area contributed by atoms with Crippen LogP contribution in [0.2, 0.25) is 0 Å². The zero-order valence-corrected chi connectivity index (χ0v) is 11.1. The van der Waals surface area contributed by atoms with Crippen molar-refractivity contribution in [2.75, 3.05) is 6.61 Å². The van der Waals surface area contributed by atoms with Crippen molar-refractivity contribution in [2.45, 2.75) is 18.8 Å². The van der Waals surface area contributed by atoms with Crippen LogP contribution in [-0.2, 0) is 11.2 Å². The number of fused-ring (bicyclic) bond motifs is 1. The van der Waals surface area contributed by atoms with Crippen LogP contribution in [0.5, 0.6) is 5.75 Å². The summed E-state index contributed by atoms with van der Waals surface area (Å²) in [4.78, 5) is 10.5. The molecule has 3 rings (SSSR count). The summed E-state index contributed by atoms with van der Waals surface area (Å²) in [5, 5.41) is 8.59. The molecular formula is C17H16O3. The summed E-state index contributed by atoms with van der Waals surface area (Å²) in [5.41, 5.74) is 4.10. The third-order valence-electron chi connectivity index (χ3n) is 3.78. The Bertz CT molecular complexity index is 616. The maximum absolute atomic E-state index is 10.5. The molecule has 0 unspecified atom stereocenters. The van der Waals surface area contributed by atoms with Gasteiger partial charge in [0.1, 0.15) is 5.75 Å². The minimum absolute atomic E-state index is 0.300. The van der Waals surface area contributed by atoms with Crippen molar-refractivity contribution in [1.82, 2.24) is 0 Å². The van der Waals surface area contributed by atoms with Crippen LogP contribution in [0.4, 0.5) is 0 Å². The molecule has 2 aromatic rings. The van der Waals surface area contributed by atoms with Gasteiger partial charge in [-0.1, -0.05) is 36.4 Å². The highest BCUT2D eigenvalue weighted by molar-refractivity contribution is 5.68. The maximum atomic E-state index is 10.5. The predicted molar refractivity (Wildman–Crippen MR) is 76.2 cm³/mol. The summed E-state index contributed by atoms with van der Waals surface area (Å²) >= 11 is 0. The summed E-state index contributed by atoms with van der Waals surface area (Å²) in [6.45, 7) is -0.300. The van der Waals surface area contributed by atoms with Crippen LogP contribution in [0.1, 0.15) is 29.0 Å². The molecule has 0 aromatic heterocycles. The maximum Gasteiger partial charge on any atom is 0.341 e. The van der Waals surface area contributed by atoms with Gasteiger partial charge in [0.05, 0.1) is 0 Å². The van der Waals surface area contributed by atoms with E-state index in [0.29, 0.717) is 11.7 Å². The van der Waals surface area contributed by atoms with Crippen LogP contribution >= 0.6 is 0 Å². The number of aliphatic carboxylic acids is 1. The molecule has 3 heteroatoms. The fraction of sp³-hybridized carbons (Fsp3) is 0.235. The Morgan fingerprint density at radius 1 is 1.15 bits per heavy atom. The molecule has 0 bridgehead atoms. The molecule has 0 saturated heterocycles. The third kappa shape index (κ3) is 2.52. The van der Waals surface area contributed by atoms with Crippen molar-refractivity contribution < 1.29 is 14.6 Å². The van der Waals surface area contributed by atoms with Crippen molar-refractivity contribution >= 4 is 5.97 Å². The minimum atomic E-state index is -0.959. The van der Waals surface area contributed by atoms with Gasteiger partial charge in [-0.15, -0.1) is 0 Å². The minimum Gasteiger partial charge on any atom is -0.482 e. The molecule has 1 aliphatic rings. The van der Waals surface area contributed by atoms with Crippen molar-refractivity contribution in [2.24, 2.45) is 0 Å². The lowest BCUT2D eigenvalue weighted by molar-refractivity contribution is -0.139. The van der Waals surface area contributed by atoms with Crippen LogP contribution < -0.4 is 4.74 Å². The number of carboxylic acid groups (broad SMARTS) is 1. The number of aryl methyl sites for hydroxylation is 1. The topological polar surface area (TPSA) is 46.5 Å². The zero-order valence-electron chi connectivity index (χ0n) is 11.1. The predicted octanol–water partition coefficient (Wildman–Crippen LogP) is 3.23. The summed E-state index contributed by atoms with van der Waals surface area (Å²) in [6, 6.07) is 16.3. The standard InChI is InChI=1S/C17H16O3/c18-17(19)11-20-14-8-5-13(6-9-14)16-10-7-12-3-1-2-4-15(12)16/h1-6,8-9,16H,7,10-11H2,(H,18,19)/t16-/m0/s1. The van der Waals surface area contributed by atoms with Crippen LogP contribution in [-0.4, -0.2) is 17.7 Å². The average molecular weight is 268 g/mol. The van der Waals surface area contributed by atoms with E-state index in [9.17, 15) is 4.79 Å². The smallest absolute Gasteiger partial charge is 0.341 e. The van der Waals surface area contributed by atoms with E-state index in [4.69, 9.17) is 9.84 Å². The lowest BCUT2D eigenvalue weighted by atomic mass is 9.93. The first-order valence-electron chi connectivity index (χ1n) is 6.76. The summed E-state index contributed by atoms with van der Waals surface area (Å²) < 4.78 is 5.15. The molecule has 0 heterocycles. The van der Waals surface area contributed by atoms with E-state index >= 15 is 0 Å². The lowest BCUT2D eigenvalue weighted by Crippen LogP contribution is -2.09. The lowest BCUT2D eigenvalue weighted by Gasteiger charge is -2.13. The summed E-state index contributed by atoms with van der Waals surface area (Å²) in [6.07, 6.45) is 2.26. The van der Waals surface area contributed by atoms with Crippen LogP contribution in [0.25, 0.3) is 0 Å². The Labute approximate surface area is 117 Å². The van der Waals surface area contributed by atoms with Gasteiger partial charge in [0.15, 0.2) is 6.61 Å². The van der Waals surface area contributed by atoms with E-state index in [1.54, 1.807) is 0 Å². The first-order chi connectivity index (χ1) is 9.74. The van der Waals surface area contributed by atoms with Crippen molar-refractivity contribution in [3.63, 3.8) is 0 Å². The molecule has 0 amide bonds. The van der Waals surface area contributed by atoms with E-state index in [1.807, 2.05) is 24.3 Å². The van der Waals surface area contributed by atoms with Crippen molar-refractivity contribution in [3.05, 3.63) is 65.2 Å². The number of carbonyl (C=O) groups is 1. The number of hydrogen-bond acceptors (Lipinski definition) is 2. The van der Waals surface area contributed by atoms with Gasteiger partial charge in [-0.2, -0.15) is 0 Å². The van der Waals surface area contributed by atoms with E-state index in [0.717, 1.165) is 12.8 Å². The first kappa shape index (κ1) is 12.7. The highest BCUT2D eigenvalue weighted by Crippen LogP contribution is 2.38. The van der Waals surface area contributed by atoms with E-state index < -0.39 is 5.97 Å². The molecule has 3 nitrogen and oxygen atoms in total. The molecule has 2 aromatic carbocycles. The average Bonchev–Trinajstić information content (AvgIpc) is 2.89. The van der Waals surface area contributed by atoms with Gasteiger partial charge in [0, 0.05) is 5.92 Å². The molecular weight excluding hydrogens is 252 g/mol. The normalized spacial score (nSPS) is 16.7. The molecule has 1 aliphatic carbocycles. The fourth-order valence-electron chi connectivity index (χ4n) is 2.84. The summed E-state index contributed by atoms with van der Waals surface area (Å²) in [7, 11) is 0. The number of rotatable bonds is 4. The Morgan fingerprint density at radius 3 is 2.65 bits per heavy atom. The van der Waals surface area contributed by atoms with Gasteiger partial charge >= 0.3 is 5.97 Å². The number of benzene rings is 2. The molecule has 0 fully saturated rings. The third-order valence-corrected chi connectivity index (χ3v) is 3.78. The highest BCUT2D eigenvalue weighted by Gasteiger charge is 2.23. The zero-order chi connectivity index (χ0) is 13.9. The number of ether oxygens (including phenoxy) is 1. The van der Waals surface area contributed by atoms with Gasteiger partial charge in [0.2, 0.25) is 0 Å². The van der Waals surface area contributed by atoms with Gasteiger partial charge < -0.3 is 9.84 Å². The monoisotopic (exact) mass is 268 g/mol. The van der Waals surface area contributed by atoms with Gasteiger partial charge in [-0.25, -0.2) is 4.79 Å². The van der Waals surface area contributed by atoms with Gasteiger partial charge in [-0.3, -0.25) is 0 Å². The second-order valence-electron chi connectivity index (χ2n) is 5.04. The largest absolute Gasteiger partial charge is 0.482 e. The Balaban J connectivity index is 1.77. The fourth-order valence-corrected chi connectivity index (χ4v) is 2.84. The second-order valence-corrected chi connectivity index (χ2v) is 5.04. The molecule has 0 radical (unpaired) electrons. The number of hydrogen-bond donors (Lipinski definition) is 1. The SMILES string of the molecule is O=C(O)COc1ccc([C@@H]2CCc3ccccc32)cc1. The van der Waals surface area contributed by atoms with Crippen molar-refractivity contribution in [1.29, 1.82) is 0 Å². The molecule has 20 heavy (non-hydrogen) atoms. The molecule has 1 N–H and O–H groups in total. The number of carboxylic acids is 1. The Kier molecular flexibility index (Phi) is 3.42. The molecule has 0 saturated carbocycles. The Hall–Kier alpha value is -2.29. The van der Waals surface area contributed by atoms with Crippen molar-refractivity contribution in [3.8, 4) is 5.75 Å².